The van der Waals surface area contributed by atoms with Crippen molar-refractivity contribution in [1.82, 2.24) is 20.3 Å². The van der Waals surface area contributed by atoms with Crippen molar-refractivity contribution in [3.63, 3.8) is 0 Å². The third kappa shape index (κ3) is 3.86. The number of amides is 1. The Morgan fingerprint density at radius 2 is 2.12 bits per heavy atom. The van der Waals surface area contributed by atoms with Gasteiger partial charge in [0.2, 0.25) is 0 Å². The zero-order valence-corrected chi connectivity index (χ0v) is 13.6. The standard InChI is InChI=1S/C17H21N5O2/c1-13-19-9-14(10-20-13)16(23)21-11-17(24)6-4-8-22(12-17)15-5-2-3-7-18-15/h2-3,5,7,9-10,24H,4,6,8,11-12H2,1H3,(H,21,23)/t17-/m0/s1. The molecule has 7 heteroatoms. The number of anilines is 1. The summed E-state index contributed by atoms with van der Waals surface area (Å²) < 4.78 is 0. The van der Waals surface area contributed by atoms with E-state index >= 15 is 0 Å². The number of rotatable bonds is 4. The van der Waals surface area contributed by atoms with Crippen molar-refractivity contribution in [2.45, 2.75) is 25.4 Å². The molecule has 3 heterocycles. The minimum Gasteiger partial charge on any atom is -0.386 e. The van der Waals surface area contributed by atoms with Crippen LogP contribution >= 0.6 is 0 Å². The first-order valence-corrected chi connectivity index (χ1v) is 8.01. The Morgan fingerprint density at radius 3 is 2.83 bits per heavy atom. The van der Waals surface area contributed by atoms with Gasteiger partial charge in [0, 0.05) is 38.2 Å². The van der Waals surface area contributed by atoms with Gasteiger partial charge in [0.15, 0.2) is 0 Å². The summed E-state index contributed by atoms with van der Waals surface area (Å²) in [4.78, 5) is 26.6. The van der Waals surface area contributed by atoms with Gasteiger partial charge in [0.25, 0.3) is 5.91 Å². The van der Waals surface area contributed by atoms with Crippen LogP contribution in [-0.2, 0) is 0 Å². The minimum absolute atomic E-state index is 0.184. The monoisotopic (exact) mass is 327 g/mol. The maximum Gasteiger partial charge on any atom is 0.254 e. The third-order valence-corrected chi connectivity index (χ3v) is 4.15. The molecule has 0 radical (unpaired) electrons. The molecule has 0 bridgehead atoms. The first-order valence-electron chi connectivity index (χ1n) is 8.01. The Morgan fingerprint density at radius 1 is 1.33 bits per heavy atom. The van der Waals surface area contributed by atoms with Crippen LogP contribution in [0, 0.1) is 6.92 Å². The number of carbonyl (C=O) groups is 1. The number of hydrogen-bond donors (Lipinski definition) is 2. The number of nitrogens with one attached hydrogen (secondary N) is 1. The molecule has 3 rings (SSSR count). The molecule has 1 amide bonds. The smallest absolute Gasteiger partial charge is 0.254 e. The zero-order chi connectivity index (χ0) is 17.0. The first-order chi connectivity index (χ1) is 11.6. The van der Waals surface area contributed by atoms with Crippen LogP contribution in [0.25, 0.3) is 0 Å². The van der Waals surface area contributed by atoms with Crippen molar-refractivity contribution in [2.75, 3.05) is 24.5 Å². The topological polar surface area (TPSA) is 91.2 Å². The van der Waals surface area contributed by atoms with E-state index in [2.05, 4.69) is 20.3 Å². The second-order valence-corrected chi connectivity index (χ2v) is 6.14. The summed E-state index contributed by atoms with van der Waals surface area (Å²) in [5.74, 6) is 1.18. The van der Waals surface area contributed by atoms with Gasteiger partial charge in [-0.1, -0.05) is 6.07 Å². The normalized spacial score (nSPS) is 20.7. The maximum atomic E-state index is 12.2. The molecule has 1 atom stereocenters. The largest absolute Gasteiger partial charge is 0.386 e. The summed E-state index contributed by atoms with van der Waals surface area (Å²) >= 11 is 0. The van der Waals surface area contributed by atoms with E-state index in [4.69, 9.17) is 0 Å². The van der Waals surface area contributed by atoms with Gasteiger partial charge in [-0.15, -0.1) is 0 Å². The molecule has 1 saturated heterocycles. The van der Waals surface area contributed by atoms with Gasteiger partial charge in [0.1, 0.15) is 11.6 Å². The van der Waals surface area contributed by atoms with E-state index in [9.17, 15) is 9.90 Å². The number of nitrogens with zero attached hydrogens (tertiary/aromatic N) is 4. The summed E-state index contributed by atoms with van der Waals surface area (Å²) in [5.41, 5.74) is -0.585. The summed E-state index contributed by atoms with van der Waals surface area (Å²) in [6.45, 7) is 3.23. The molecule has 0 aliphatic carbocycles. The Balaban J connectivity index is 1.61. The lowest BCUT2D eigenvalue weighted by molar-refractivity contribution is 0.0254. The SMILES string of the molecule is Cc1ncc(C(=O)NC[C@@]2(O)CCCN(c3ccccn3)C2)cn1. The van der Waals surface area contributed by atoms with Gasteiger partial charge < -0.3 is 15.3 Å². The molecule has 0 spiro atoms. The molecule has 0 unspecified atom stereocenters. The summed E-state index contributed by atoms with van der Waals surface area (Å²) in [5, 5.41) is 13.6. The van der Waals surface area contributed by atoms with Crippen molar-refractivity contribution in [2.24, 2.45) is 0 Å². The van der Waals surface area contributed by atoms with E-state index in [0.717, 1.165) is 18.8 Å². The van der Waals surface area contributed by atoms with Crippen molar-refractivity contribution in [3.05, 3.63) is 48.2 Å². The van der Waals surface area contributed by atoms with Crippen LogP contribution in [0.3, 0.4) is 0 Å². The fourth-order valence-electron chi connectivity index (χ4n) is 2.85. The van der Waals surface area contributed by atoms with E-state index in [1.165, 1.54) is 12.4 Å². The van der Waals surface area contributed by atoms with E-state index in [1.54, 1.807) is 13.1 Å². The van der Waals surface area contributed by atoms with Crippen LogP contribution in [-0.4, -0.2) is 51.2 Å². The third-order valence-electron chi connectivity index (χ3n) is 4.15. The fraction of sp³-hybridized carbons (Fsp3) is 0.412. The lowest BCUT2D eigenvalue weighted by Crippen LogP contribution is -2.54. The van der Waals surface area contributed by atoms with Crippen LogP contribution in [0.1, 0.15) is 29.0 Å². The number of aryl methyl sites for hydroxylation is 1. The van der Waals surface area contributed by atoms with E-state index < -0.39 is 5.60 Å². The minimum atomic E-state index is -0.975. The zero-order valence-electron chi connectivity index (χ0n) is 13.6. The van der Waals surface area contributed by atoms with E-state index in [-0.39, 0.29) is 12.5 Å². The number of aliphatic hydroxyl groups is 1. The molecule has 1 fully saturated rings. The second kappa shape index (κ2) is 6.92. The molecule has 0 saturated carbocycles. The number of β-amino-alcohol motifs (C(OH)–C–C–N with tert-alkyl or cyclic N) is 1. The fourth-order valence-corrected chi connectivity index (χ4v) is 2.85. The predicted octanol–water partition coefficient (Wildman–Crippen LogP) is 0.941. The molecule has 1 aliphatic heterocycles. The molecule has 7 nitrogen and oxygen atoms in total. The summed E-state index contributed by atoms with van der Waals surface area (Å²) in [6.07, 6.45) is 6.20. The van der Waals surface area contributed by atoms with Gasteiger partial charge in [-0.05, 0) is 31.9 Å². The van der Waals surface area contributed by atoms with Crippen molar-refractivity contribution in [1.29, 1.82) is 0 Å². The lowest BCUT2D eigenvalue weighted by Gasteiger charge is -2.39. The average molecular weight is 327 g/mol. The van der Waals surface area contributed by atoms with Gasteiger partial charge in [-0.25, -0.2) is 15.0 Å². The second-order valence-electron chi connectivity index (χ2n) is 6.14. The summed E-state index contributed by atoms with van der Waals surface area (Å²) in [7, 11) is 0. The molecule has 2 N–H and O–H groups in total. The summed E-state index contributed by atoms with van der Waals surface area (Å²) in [6, 6.07) is 5.71. The highest BCUT2D eigenvalue weighted by Crippen LogP contribution is 2.24. The van der Waals surface area contributed by atoms with Crippen LogP contribution in [0.5, 0.6) is 0 Å². The van der Waals surface area contributed by atoms with E-state index in [0.29, 0.717) is 24.4 Å². The first kappa shape index (κ1) is 16.3. The number of piperidine rings is 1. The van der Waals surface area contributed by atoms with Crippen LogP contribution in [0.2, 0.25) is 0 Å². The Bertz CT molecular complexity index is 692. The Kier molecular flexibility index (Phi) is 4.71. The molecule has 1 aliphatic rings. The highest BCUT2D eigenvalue weighted by molar-refractivity contribution is 5.93. The van der Waals surface area contributed by atoms with Crippen molar-refractivity contribution < 1.29 is 9.90 Å². The lowest BCUT2D eigenvalue weighted by atomic mass is 9.92. The van der Waals surface area contributed by atoms with Crippen LogP contribution in [0.4, 0.5) is 5.82 Å². The number of carbonyl (C=O) groups excluding carboxylic acids is 1. The number of pyridine rings is 1. The molecule has 2 aromatic heterocycles. The Labute approximate surface area is 140 Å². The van der Waals surface area contributed by atoms with Crippen LogP contribution in [0.15, 0.2) is 36.8 Å². The highest BCUT2D eigenvalue weighted by atomic mass is 16.3. The Hall–Kier alpha value is -2.54. The van der Waals surface area contributed by atoms with Crippen LogP contribution < -0.4 is 10.2 Å². The quantitative estimate of drug-likeness (QED) is 0.868. The molecule has 0 aromatic carbocycles. The van der Waals surface area contributed by atoms with Gasteiger partial charge in [-0.3, -0.25) is 4.79 Å². The van der Waals surface area contributed by atoms with E-state index in [1.807, 2.05) is 23.1 Å². The van der Waals surface area contributed by atoms with Gasteiger partial charge in [-0.2, -0.15) is 0 Å². The average Bonchev–Trinajstić information content (AvgIpc) is 2.61. The molecule has 24 heavy (non-hydrogen) atoms. The molecular formula is C17H21N5O2. The number of hydrogen-bond acceptors (Lipinski definition) is 6. The van der Waals surface area contributed by atoms with Gasteiger partial charge >= 0.3 is 0 Å². The molecular weight excluding hydrogens is 306 g/mol. The van der Waals surface area contributed by atoms with Crippen molar-refractivity contribution in [3.8, 4) is 0 Å². The molecule has 126 valence electrons. The maximum absolute atomic E-state index is 12.2. The highest BCUT2D eigenvalue weighted by Gasteiger charge is 2.34. The molecule has 2 aromatic rings. The van der Waals surface area contributed by atoms with Crippen molar-refractivity contribution >= 4 is 11.7 Å². The van der Waals surface area contributed by atoms with Gasteiger partial charge in [0.05, 0.1) is 11.2 Å². The number of aromatic nitrogens is 3. The predicted molar refractivity (Wildman–Crippen MR) is 89.7 cm³/mol.